The van der Waals surface area contributed by atoms with Crippen molar-refractivity contribution in [1.82, 2.24) is 0 Å². The second-order valence-corrected chi connectivity index (χ2v) is 5.18. The molecule has 0 aromatic heterocycles. The zero-order chi connectivity index (χ0) is 14.3. The van der Waals surface area contributed by atoms with Gasteiger partial charge in [0.1, 0.15) is 0 Å². The van der Waals surface area contributed by atoms with Gasteiger partial charge < -0.3 is 5.73 Å². The first-order chi connectivity index (χ1) is 9.44. The van der Waals surface area contributed by atoms with E-state index >= 15 is 0 Å². The molecule has 0 aliphatic heterocycles. The van der Waals surface area contributed by atoms with Crippen LogP contribution in [-0.2, 0) is 6.42 Å². The molecule has 1 aliphatic carbocycles. The van der Waals surface area contributed by atoms with Gasteiger partial charge in [-0.2, -0.15) is 13.2 Å². The van der Waals surface area contributed by atoms with Crippen LogP contribution in [0.5, 0.6) is 0 Å². The molecule has 0 bridgehead atoms. The summed E-state index contributed by atoms with van der Waals surface area (Å²) >= 11 is 0. The molecule has 104 valence electrons. The van der Waals surface area contributed by atoms with Gasteiger partial charge in [-0.15, -0.1) is 0 Å². The van der Waals surface area contributed by atoms with Crippen molar-refractivity contribution in [3.05, 3.63) is 59.2 Å². The van der Waals surface area contributed by atoms with Gasteiger partial charge >= 0.3 is 6.18 Å². The first-order valence-corrected chi connectivity index (χ1v) is 6.47. The SMILES string of the molecule is N[C@@H](CC(F)(F)F)c1ccc2c(c1)Cc1ccccc1-2. The molecule has 0 heterocycles. The van der Waals surface area contributed by atoms with Crippen molar-refractivity contribution in [1.29, 1.82) is 0 Å². The van der Waals surface area contributed by atoms with Crippen LogP contribution in [0.3, 0.4) is 0 Å². The maximum absolute atomic E-state index is 12.4. The highest BCUT2D eigenvalue weighted by Gasteiger charge is 2.31. The number of halogens is 3. The van der Waals surface area contributed by atoms with E-state index in [4.69, 9.17) is 5.73 Å². The monoisotopic (exact) mass is 277 g/mol. The van der Waals surface area contributed by atoms with E-state index in [2.05, 4.69) is 0 Å². The van der Waals surface area contributed by atoms with Gasteiger partial charge in [0.15, 0.2) is 0 Å². The molecule has 0 saturated heterocycles. The second kappa shape index (κ2) is 4.63. The molecule has 0 fully saturated rings. The Kier molecular flexibility index (Phi) is 3.05. The van der Waals surface area contributed by atoms with Gasteiger partial charge in [-0.25, -0.2) is 0 Å². The smallest absolute Gasteiger partial charge is 0.324 e. The predicted octanol–water partition coefficient (Wildman–Crippen LogP) is 4.21. The minimum atomic E-state index is -4.23. The molecule has 0 radical (unpaired) electrons. The van der Waals surface area contributed by atoms with Crippen LogP contribution in [0.2, 0.25) is 0 Å². The van der Waals surface area contributed by atoms with E-state index in [1.54, 1.807) is 6.07 Å². The third-order valence-electron chi connectivity index (χ3n) is 3.70. The first-order valence-electron chi connectivity index (χ1n) is 6.47. The summed E-state index contributed by atoms with van der Waals surface area (Å²) in [5, 5.41) is 0. The summed E-state index contributed by atoms with van der Waals surface area (Å²) in [5.74, 6) is 0. The molecule has 0 amide bonds. The highest BCUT2D eigenvalue weighted by molar-refractivity contribution is 5.76. The van der Waals surface area contributed by atoms with Crippen LogP contribution in [0, 0.1) is 0 Å². The third kappa shape index (κ3) is 2.43. The topological polar surface area (TPSA) is 26.0 Å². The number of hydrogen-bond acceptors (Lipinski definition) is 1. The van der Waals surface area contributed by atoms with E-state index in [1.807, 2.05) is 36.4 Å². The third-order valence-corrected chi connectivity index (χ3v) is 3.70. The quantitative estimate of drug-likeness (QED) is 0.746. The summed E-state index contributed by atoms with van der Waals surface area (Å²) in [4.78, 5) is 0. The predicted molar refractivity (Wildman–Crippen MR) is 72.3 cm³/mol. The Bertz CT molecular complexity index is 646. The Morgan fingerprint density at radius 1 is 1.00 bits per heavy atom. The van der Waals surface area contributed by atoms with Gasteiger partial charge in [0.05, 0.1) is 6.42 Å². The molecular formula is C16H14F3N. The Morgan fingerprint density at radius 2 is 1.70 bits per heavy atom. The summed E-state index contributed by atoms with van der Waals surface area (Å²) in [7, 11) is 0. The van der Waals surface area contributed by atoms with Gasteiger partial charge in [-0.05, 0) is 34.2 Å². The van der Waals surface area contributed by atoms with Crippen LogP contribution in [0.25, 0.3) is 11.1 Å². The molecule has 2 aromatic rings. The van der Waals surface area contributed by atoms with E-state index in [0.717, 1.165) is 17.5 Å². The maximum Gasteiger partial charge on any atom is 0.390 e. The average molecular weight is 277 g/mol. The Labute approximate surface area is 115 Å². The fourth-order valence-electron chi connectivity index (χ4n) is 2.76. The van der Waals surface area contributed by atoms with Gasteiger partial charge in [-0.3, -0.25) is 0 Å². The highest BCUT2D eigenvalue weighted by Crippen LogP contribution is 2.38. The summed E-state index contributed by atoms with van der Waals surface area (Å²) in [6.45, 7) is 0. The Morgan fingerprint density at radius 3 is 2.45 bits per heavy atom. The van der Waals surface area contributed by atoms with Crippen LogP contribution in [0.15, 0.2) is 42.5 Å². The van der Waals surface area contributed by atoms with E-state index in [9.17, 15) is 13.2 Å². The van der Waals surface area contributed by atoms with Crippen molar-refractivity contribution in [2.45, 2.75) is 25.1 Å². The number of nitrogens with two attached hydrogens (primary N) is 1. The lowest BCUT2D eigenvalue weighted by Crippen LogP contribution is -2.20. The van der Waals surface area contributed by atoms with E-state index in [1.165, 1.54) is 11.1 Å². The molecule has 1 nitrogen and oxygen atoms in total. The van der Waals surface area contributed by atoms with E-state index < -0.39 is 18.6 Å². The lowest BCUT2D eigenvalue weighted by atomic mass is 9.98. The van der Waals surface area contributed by atoms with Crippen molar-refractivity contribution >= 4 is 0 Å². The van der Waals surface area contributed by atoms with Crippen LogP contribution in [-0.4, -0.2) is 6.18 Å². The maximum atomic E-state index is 12.4. The summed E-state index contributed by atoms with van der Waals surface area (Å²) in [5.41, 5.74) is 10.7. The van der Waals surface area contributed by atoms with Crippen molar-refractivity contribution < 1.29 is 13.2 Å². The minimum absolute atomic E-state index is 0.550. The minimum Gasteiger partial charge on any atom is -0.324 e. The molecular weight excluding hydrogens is 263 g/mol. The van der Waals surface area contributed by atoms with Crippen molar-refractivity contribution in [3.8, 4) is 11.1 Å². The molecule has 2 aromatic carbocycles. The van der Waals surface area contributed by atoms with Crippen LogP contribution in [0.4, 0.5) is 13.2 Å². The fraction of sp³-hybridized carbons (Fsp3) is 0.250. The molecule has 1 aliphatic rings. The average Bonchev–Trinajstić information content (AvgIpc) is 2.74. The standard InChI is InChI=1S/C16H14F3N/c17-16(18,19)9-15(20)11-5-6-14-12(8-11)7-10-3-1-2-4-13(10)14/h1-6,8,15H,7,9,20H2/t15-/m0/s1. The molecule has 0 saturated carbocycles. The van der Waals surface area contributed by atoms with Gasteiger partial charge in [0.25, 0.3) is 0 Å². The van der Waals surface area contributed by atoms with Gasteiger partial charge in [0, 0.05) is 6.04 Å². The second-order valence-electron chi connectivity index (χ2n) is 5.18. The first kappa shape index (κ1) is 13.2. The Balaban J connectivity index is 1.91. The zero-order valence-corrected chi connectivity index (χ0v) is 10.7. The number of hydrogen-bond donors (Lipinski definition) is 1. The van der Waals surface area contributed by atoms with Gasteiger partial charge in [-0.1, -0.05) is 42.5 Å². The van der Waals surface area contributed by atoms with E-state index in [0.29, 0.717) is 5.56 Å². The molecule has 0 spiro atoms. The van der Waals surface area contributed by atoms with Crippen molar-refractivity contribution in [2.24, 2.45) is 5.73 Å². The molecule has 2 N–H and O–H groups in total. The summed E-state index contributed by atoms with van der Waals surface area (Å²) in [6.07, 6.45) is -4.46. The number of rotatable bonds is 2. The van der Waals surface area contributed by atoms with Crippen LogP contribution < -0.4 is 5.73 Å². The van der Waals surface area contributed by atoms with Crippen molar-refractivity contribution in [2.75, 3.05) is 0 Å². The zero-order valence-electron chi connectivity index (χ0n) is 10.7. The van der Waals surface area contributed by atoms with Gasteiger partial charge in [0.2, 0.25) is 0 Å². The van der Waals surface area contributed by atoms with Crippen LogP contribution >= 0.6 is 0 Å². The van der Waals surface area contributed by atoms with Crippen molar-refractivity contribution in [3.63, 3.8) is 0 Å². The molecule has 20 heavy (non-hydrogen) atoms. The summed E-state index contributed by atoms with van der Waals surface area (Å²) < 4.78 is 37.2. The Hall–Kier alpha value is -1.81. The molecule has 3 rings (SSSR count). The van der Waals surface area contributed by atoms with Crippen LogP contribution in [0.1, 0.15) is 29.2 Å². The summed E-state index contributed by atoms with van der Waals surface area (Å²) in [6, 6.07) is 12.4. The highest BCUT2D eigenvalue weighted by atomic mass is 19.4. The lowest BCUT2D eigenvalue weighted by Gasteiger charge is -2.15. The number of alkyl halides is 3. The molecule has 4 heteroatoms. The number of benzene rings is 2. The largest absolute Gasteiger partial charge is 0.390 e. The fourth-order valence-corrected chi connectivity index (χ4v) is 2.76. The molecule has 1 atom stereocenters. The normalized spacial score (nSPS) is 14.8. The lowest BCUT2D eigenvalue weighted by molar-refractivity contribution is -0.138. The molecule has 0 unspecified atom stereocenters. The number of fused-ring (bicyclic) bond motifs is 3. The van der Waals surface area contributed by atoms with E-state index in [-0.39, 0.29) is 0 Å².